The molecule has 0 aliphatic carbocycles. The number of ether oxygens (including phenoxy) is 1. The van der Waals surface area contributed by atoms with Gasteiger partial charge in [-0.25, -0.2) is 8.42 Å². The van der Waals surface area contributed by atoms with E-state index in [-0.39, 0.29) is 17.3 Å². The van der Waals surface area contributed by atoms with Crippen molar-refractivity contribution in [3.8, 4) is 5.75 Å². The molecule has 41 heavy (non-hydrogen) atoms. The summed E-state index contributed by atoms with van der Waals surface area (Å²) < 4.78 is 34.5. The summed E-state index contributed by atoms with van der Waals surface area (Å²) >= 11 is 0. The number of amides is 2. The number of anilines is 1. The lowest BCUT2D eigenvalue weighted by atomic mass is 10.1. The molecular formula is C32H41N3O5S. The first-order chi connectivity index (χ1) is 19.2. The molecule has 1 atom stereocenters. The summed E-state index contributed by atoms with van der Waals surface area (Å²) in [5, 5.41) is 2.94. The lowest BCUT2D eigenvalue weighted by Crippen LogP contribution is -2.54. The van der Waals surface area contributed by atoms with Crippen molar-refractivity contribution in [2.24, 2.45) is 0 Å². The van der Waals surface area contributed by atoms with Gasteiger partial charge in [0, 0.05) is 12.1 Å². The summed E-state index contributed by atoms with van der Waals surface area (Å²) in [6.45, 7) is 13.1. The summed E-state index contributed by atoms with van der Waals surface area (Å²) in [7, 11) is -4.15. The largest absolute Gasteiger partial charge is 0.494 e. The molecule has 0 aliphatic rings. The highest BCUT2D eigenvalue weighted by Crippen LogP contribution is 2.26. The van der Waals surface area contributed by atoms with Gasteiger partial charge in [-0.2, -0.15) is 0 Å². The minimum Gasteiger partial charge on any atom is -0.494 e. The zero-order chi connectivity index (χ0) is 30.4. The second kappa shape index (κ2) is 13.2. The van der Waals surface area contributed by atoms with Gasteiger partial charge in [-0.15, -0.1) is 0 Å². The van der Waals surface area contributed by atoms with Crippen molar-refractivity contribution >= 4 is 27.5 Å². The maximum atomic E-state index is 14.0. The maximum Gasteiger partial charge on any atom is 0.264 e. The predicted molar refractivity (Wildman–Crippen MR) is 162 cm³/mol. The number of hydrogen-bond donors (Lipinski definition) is 1. The van der Waals surface area contributed by atoms with E-state index in [1.54, 1.807) is 43.3 Å². The van der Waals surface area contributed by atoms with Crippen molar-refractivity contribution in [2.45, 2.75) is 71.5 Å². The summed E-state index contributed by atoms with van der Waals surface area (Å²) in [6.07, 6.45) is 0. The molecule has 0 bridgehead atoms. The highest BCUT2D eigenvalue weighted by Gasteiger charge is 2.33. The number of rotatable bonds is 11. The van der Waals surface area contributed by atoms with Crippen molar-refractivity contribution in [3.63, 3.8) is 0 Å². The molecule has 2 amide bonds. The Hall–Kier alpha value is -3.85. The van der Waals surface area contributed by atoms with Crippen molar-refractivity contribution < 1.29 is 22.7 Å². The van der Waals surface area contributed by atoms with E-state index in [0.717, 1.165) is 21.0 Å². The average Bonchev–Trinajstić information content (AvgIpc) is 2.91. The minimum atomic E-state index is -4.15. The molecule has 1 N–H and O–H groups in total. The van der Waals surface area contributed by atoms with Crippen LogP contribution in [0.5, 0.6) is 5.75 Å². The molecule has 8 nitrogen and oxygen atoms in total. The van der Waals surface area contributed by atoms with E-state index >= 15 is 0 Å². The smallest absolute Gasteiger partial charge is 0.264 e. The van der Waals surface area contributed by atoms with E-state index in [1.165, 1.54) is 17.0 Å². The van der Waals surface area contributed by atoms with Crippen molar-refractivity contribution in [1.82, 2.24) is 10.2 Å². The van der Waals surface area contributed by atoms with Gasteiger partial charge in [0.2, 0.25) is 11.8 Å². The Balaban J connectivity index is 2.02. The molecule has 0 aliphatic heterocycles. The first-order valence-electron chi connectivity index (χ1n) is 13.7. The number of aryl methyl sites for hydroxylation is 2. The summed E-state index contributed by atoms with van der Waals surface area (Å²) in [4.78, 5) is 28.7. The lowest BCUT2D eigenvalue weighted by molar-refractivity contribution is -0.140. The third-order valence-electron chi connectivity index (χ3n) is 6.46. The molecule has 0 spiro atoms. The van der Waals surface area contributed by atoms with E-state index < -0.39 is 34.1 Å². The minimum absolute atomic E-state index is 0.0259. The molecule has 0 saturated carbocycles. The van der Waals surface area contributed by atoms with Crippen molar-refractivity contribution in [3.05, 3.63) is 89.5 Å². The van der Waals surface area contributed by atoms with Crippen LogP contribution in [0, 0.1) is 13.8 Å². The van der Waals surface area contributed by atoms with Crippen LogP contribution < -0.4 is 14.4 Å². The zero-order valence-electron chi connectivity index (χ0n) is 25.0. The monoisotopic (exact) mass is 579 g/mol. The fourth-order valence-corrected chi connectivity index (χ4v) is 5.60. The quantitative estimate of drug-likeness (QED) is 0.336. The van der Waals surface area contributed by atoms with Crippen LogP contribution in [0.1, 0.15) is 51.3 Å². The van der Waals surface area contributed by atoms with Gasteiger partial charge in [0.15, 0.2) is 0 Å². The van der Waals surface area contributed by atoms with E-state index in [4.69, 9.17) is 4.74 Å². The molecule has 1 unspecified atom stereocenters. The Morgan fingerprint density at radius 3 is 1.93 bits per heavy atom. The number of benzene rings is 3. The van der Waals surface area contributed by atoms with Gasteiger partial charge in [-0.1, -0.05) is 47.5 Å². The number of nitrogens with one attached hydrogen (secondary N) is 1. The lowest BCUT2D eigenvalue weighted by Gasteiger charge is -2.33. The SMILES string of the molecule is CCOc1ccc(S(=O)(=O)N(CC(=O)N(Cc2ccc(C)cc2)C(C)C(=O)NC(C)(C)C)c2ccc(C)cc2)cc1. The molecule has 220 valence electrons. The standard InChI is InChI=1S/C32H41N3O5S/c1-8-40-28-17-19-29(20-18-28)41(38,39)35(27-15-11-24(3)12-16-27)22-30(36)34(21-26-13-9-23(2)10-14-26)25(4)31(37)33-32(5,6)7/h9-20,25H,8,21-22H2,1-7H3,(H,33,37). The number of carbonyl (C=O) groups excluding carboxylic acids is 2. The highest BCUT2D eigenvalue weighted by atomic mass is 32.2. The van der Waals surface area contributed by atoms with E-state index in [9.17, 15) is 18.0 Å². The van der Waals surface area contributed by atoms with Gasteiger partial charge in [-0.05, 0) is 90.4 Å². The Bertz CT molecular complexity index is 1430. The van der Waals surface area contributed by atoms with Gasteiger partial charge >= 0.3 is 0 Å². The van der Waals surface area contributed by atoms with E-state index in [1.807, 2.05) is 65.8 Å². The first kappa shape index (κ1) is 31.7. The fourth-order valence-electron chi connectivity index (χ4n) is 4.19. The first-order valence-corrected chi connectivity index (χ1v) is 15.1. The van der Waals surface area contributed by atoms with Crippen LogP contribution in [-0.4, -0.2) is 49.9 Å². The van der Waals surface area contributed by atoms with Crippen LogP contribution in [0.4, 0.5) is 5.69 Å². The molecular weight excluding hydrogens is 538 g/mol. The molecule has 0 heterocycles. The zero-order valence-corrected chi connectivity index (χ0v) is 25.8. The molecule has 0 saturated heterocycles. The van der Waals surface area contributed by atoms with Crippen LogP contribution >= 0.6 is 0 Å². The highest BCUT2D eigenvalue weighted by molar-refractivity contribution is 7.92. The van der Waals surface area contributed by atoms with Gasteiger partial charge in [0.25, 0.3) is 10.0 Å². The van der Waals surface area contributed by atoms with E-state index in [2.05, 4.69) is 5.32 Å². The number of carbonyl (C=O) groups is 2. The summed E-state index contributed by atoms with van der Waals surface area (Å²) in [6, 6.07) is 19.9. The third-order valence-corrected chi connectivity index (χ3v) is 8.25. The summed E-state index contributed by atoms with van der Waals surface area (Å²) in [5.74, 6) is -0.279. The van der Waals surface area contributed by atoms with E-state index in [0.29, 0.717) is 18.0 Å². The van der Waals surface area contributed by atoms with Gasteiger partial charge in [0.1, 0.15) is 18.3 Å². The van der Waals surface area contributed by atoms with Crippen LogP contribution in [-0.2, 0) is 26.2 Å². The Kier molecular flexibility index (Phi) is 10.2. The predicted octanol–water partition coefficient (Wildman–Crippen LogP) is 5.23. The number of hydrogen-bond acceptors (Lipinski definition) is 5. The van der Waals surface area contributed by atoms with Gasteiger partial charge < -0.3 is 15.0 Å². The van der Waals surface area contributed by atoms with Crippen LogP contribution in [0.2, 0.25) is 0 Å². The molecule has 0 radical (unpaired) electrons. The Morgan fingerprint density at radius 1 is 0.878 bits per heavy atom. The van der Waals surface area contributed by atoms with Crippen LogP contribution in [0.3, 0.4) is 0 Å². The molecule has 0 fully saturated rings. The normalized spacial score (nSPS) is 12.4. The van der Waals surface area contributed by atoms with Crippen LogP contribution in [0.15, 0.2) is 77.7 Å². The number of sulfonamides is 1. The summed E-state index contributed by atoms with van der Waals surface area (Å²) in [5.41, 5.74) is 2.69. The molecule has 3 aromatic carbocycles. The van der Waals surface area contributed by atoms with Crippen LogP contribution in [0.25, 0.3) is 0 Å². The number of nitrogens with zero attached hydrogens (tertiary/aromatic N) is 2. The second-order valence-corrected chi connectivity index (χ2v) is 13.0. The Labute approximate surface area is 244 Å². The second-order valence-electron chi connectivity index (χ2n) is 11.2. The van der Waals surface area contributed by atoms with Gasteiger partial charge in [-0.3, -0.25) is 13.9 Å². The van der Waals surface area contributed by atoms with Crippen molar-refractivity contribution in [1.29, 1.82) is 0 Å². The fraction of sp³-hybridized carbons (Fsp3) is 0.375. The topological polar surface area (TPSA) is 96.0 Å². The maximum absolute atomic E-state index is 14.0. The average molecular weight is 580 g/mol. The van der Waals surface area contributed by atoms with Gasteiger partial charge in [0.05, 0.1) is 17.2 Å². The Morgan fingerprint density at radius 2 is 1.41 bits per heavy atom. The molecule has 0 aromatic heterocycles. The van der Waals surface area contributed by atoms with Crippen molar-refractivity contribution in [2.75, 3.05) is 17.5 Å². The third kappa shape index (κ3) is 8.57. The molecule has 3 aromatic rings. The molecule has 9 heteroatoms. The molecule has 3 rings (SSSR count).